The summed E-state index contributed by atoms with van der Waals surface area (Å²) in [6.45, 7) is 2.27. The second-order valence-corrected chi connectivity index (χ2v) is 5.31. The molecule has 1 aliphatic heterocycles. The van der Waals surface area contributed by atoms with Crippen LogP contribution in [0.25, 0.3) is 0 Å². The third kappa shape index (κ3) is 1.77. The molecule has 16 heavy (non-hydrogen) atoms. The van der Waals surface area contributed by atoms with E-state index >= 15 is 0 Å². The Labute approximate surface area is 97.4 Å². The first-order valence-electron chi connectivity index (χ1n) is 6.45. The highest BCUT2D eigenvalue weighted by Crippen LogP contribution is 2.39. The standard InChI is InChI=1S/C14H20N2/c1-4-8-14(9-5-1)10-15-12-6-2-3-7-13(12)16-11-14/h2-3,6-7,15-16H,1,4-5,8-11H2. The summed E-state index contributed by atoms with van der Waals surface area (Å²) in [6.07, 6.45) is 6.98. The number of fused-ring (bicyclic) bond motifs is 1. The van der Waals surface area contributed by atoms with Gasteiger partial charge < -0.3 is 10.6 Å². The van der Waals surface area contributed by atoms with Gasteiger partial charge in [0.2, 0.25) is 0 Å². The predicted octanol–water partition coefficient (Wildman–Crippen LogP) is 3.47. The Bertz CT molecular complexity index is 338. The number of anilines is 2. The van der Waals surface area contributed by atoms with Crippen molar-refractivity contribution in [2.75, 3.05) is 23.7 Å². The molecule has 3 rings (SSSR count). The fraction of sp³-hybridized carbons (Fsp3) is 0.571. The molecule has 0 bridgehead atoms. The Morgan fingerprint density at radius 3 is 1.94 bits per heavy atom. The molecular formula is C14H20N2. The lowest BCUT2D eigenvalue weighted by Crippen LogP contribution is -2.36. The lowest BCUT2D eigenvalue weighted by atomic mass is 9.74. The molecule has 86 valence electrons. The van der Waals surface area contributed by atoms with E-state index < -0.39 is 0 Å². The van der Waals surface area contributed by atoms with Crippen LogP contribution in [0.4, 0.5) is 11.4 Å². The minimum absolute atomic E-state index is 0.497. The van der Waals surface area contributed by atoms with Crippen molar-refractivity contribution in [3.05, 3.63) is 24.3 Å². The first-order valence-corrected chi connectivity index (χ1v) is 6.45. The van der Waals surface area contributed by atoms with Gasteiger partial charge in [-0.25, -0.2) is 0 Å². The second kappa shape index (κ2) is 4.00. The van der Waals surface area contributed by atoms with Crippen LogP contribution in [-0.4, -0.2) is 13.1 Å². The summed E-state index contributed by atoms with van der Waals surface area (Å²) in [4.78, 5) is 0. The molecule has 0 amide bonds. The Hall–Kier alpha value is -1.18. The maximum atomic E-state index is 3.62. The van der Waals surface area contributed by atoms with E-state index in [1.54, 1.807) is 0 Å². The van der Waals surface area contributed by atoms with Gasteiger partial charge in [0.1, 0.15) is 0 Å². The normalized spacial score (nSPS) is 22.8. The summed E-state index contributed by atoms with van der Waals surface area (Å²) in [5.41, 5.74) is 3.03. The SMILES string of the molecule is c1ccc2c(c1)NCC1(CCCCC1)CN2. The molecule has 0 radical (unpaired) electrons. The van der Waals surface area contributed by atoms with Crippen molar-refractivity contribution in [2.24, 2.45) is 5.41 Å². The molecule has 0 atom stereocenters. The molecule has 2 aliphatic rings. The zero-order valence-corrected chi connectivity index (χ0v) is 9.76. The van der Waals surface area contributed by atoms with Crippen molar-refractivity contribution in [1.82, 2.24) is 0 Å². The molecule has 1 spiro atoms. The predicted molar refractivity (Wildman–Crippen MR) is 68.9 cm³/mol. The topological polar surface area (TPSA) is 24.1 Å². The lowest BCUT2D eigenvalue weighted by molar-refractivity contribution is 0.224. The fourth-order valence-corrected chi connectivity index (χ4v) is 3.07. The van der Waals surface area contributed by atoms with Gasteiger partial charge in [0.15, 0.2) is 0 Å². The van der Waals surface area contributed by atoms with Crippen LogP contribution >= 0.6 is 0 Å². The highest BCUT2D eigenvalue weighted by Gasteiger charge is 2.33. The van der Waals surface area contributed by atoms with Gasteiger partial charge in [0.05, 0.1) is 11.4 Å². The summed E-state index contributed by atoms with van der Waals surface area (Å²) < 4.78 is 0. The number of para-hydroxylation sites is 2. The van der Waals surface area contributed by atoms with Crippen LogP contribution < -0.4 is 10.6 Å². The molecule has 1 aromatic carbocycles. The van der Waals surface area contributed by atoms with E-state index in [2.05, 4.69) is 34.9 Å². The van der Waals surface area contributed by atoms with Crippen molar-refractivity contribution in [3.63, 3.8) is 0 Å². The van der Waals surface area contributed by atoms with E-state index in [9.17, 15) is 0 Å². The lowest BCUT2D eigenvalue weighted by Gasteiger charge is -2.36. The third-order valence-electron chi connectivity index (χ3n) is 4.15. The van der Waals surface area contributed by atoms with Gasteiger partial charge in [0, 0.05) is 18.5 Å². The number of nitrogens with one attached hydrogen (secondary N) is 2. The van der Waals surface area contributed by atoms with Crippen LogP contribution in [0.5, 0.6) is 0 Å². The average Bonchev–Trinajstić information content (AvgIpc) is 2.52. The van der Waals surface area contributed by atoms with Gasteiger partial charge >= 0.3 is 0 Å². The Balaban J connectivity index is 1.81. The summed E-state index contributed by atoms with van der Waals surface area (Å²) in [5, 5.41) is 7.25. The molecule has 1 heterocycles. The number of hydrogen-bond acceptors (Lipinski definition) is 2. The van der Waals surface area contributed by atoms with E-state index in [4.69, 9.17) is 0 Å². The van der Waals surface area contributed by atoms with Crippen molar-refractivity contribution < 1.29 is 0 Å². The number of benzene rings is 1. The van der Waals surface area contributed by atoms with E-state index in [0.717, 1.165) is 13.1 Å². The third-order valence-corrected chi connectivity index (χ3v) is 4.15. The minimum Gasteiger partial charge on any atom is -0.383 e. The van der Waals surface area contributed by atoms with Gasteiger partial charge in [0.25, 0.3) is 0 Å². The first kappa shape index (κ1) is 10.0. The first-order chi connectivity index (χ1) is 7.88. The van der Waals surface area contributed by atoms with Gasteiger partial charge in [-0.05, 0) is 25.0 Å². The van der Waals surface area contributed by atoms with E-state index in [0.29, 0.717) is 5.41 Å². The molecule has 1 saturated carbocycles. The van der Waals surface area contributed by atoms with Crippen LogP contribution in [0, 0.1) is 5.41 Å². The van der Waals surface area contributed by atoms with Crippen molar-refractivity contribution in [2.45, 2.75) is 32.1 Å². The van der Waals surface area contributed by atoms with Gasteiger partial charge in [-0.2, -0.15) is 0 Å². The van der Waals surface area contributed by atoms with E-state index in [1.165, 1.54) is 43.5 Å². The Kier molecular flexibility index (Phi) is 2.50. The quantitative estimate of drug-likeness (QED) is 0.694. The van der Waals surface area contributed by atoms with Crippen molar-refractivity contribution in [1.29, 1.82) is 0 Å². The van der Waals surface area contributed by atoms with Gasteiger partial charge in [-0.1, -0.05) is 31.4 Å². The van der Waals surface area contributed by atoms with E-state index in [1.807, 2.05) is 0 Å². The van der Waals surface area contributed by atoms with Crippen LogP contribution in [0.1, 0.15) is 32.1 Å². The van der Waals surface area contributed by atoms with Crippen LogP contribution in [0.3, 0.4) is 0 Å². The molecular weight excluding hydrogens is 196 g/mol. The number of hydrogen-bond donors (Lipinski definition) is 2. The highest BCUT2D eigenvalue weighted by molar-refractivity contribution is 5.69. The molecule has 0 aromatic heterocycles. The van der Waals surface area contributed by atoms with Crippen LogP contribution in [-0.2, 0) is 0 Å². The molecule has 0 unspecified atom stereocenters. The van der Waals surface area contributed by atoms with Crippen LogP contribution in [0.15, 0.2) is 24.3 Å². The summed E-state index contributed by atoms with van der Waals surface area (Å²) in [6, 6.07) is 8.55. The molecule has 1 fully saturated rings. The number of rotatable bonds is 0. The second-order valence-electron chi connectivity index (χ2n) is 5.31. The summed E-state index contributed by atoms with van der Waals surface area (Å²) in [7, 11) is 0. The maximum Gasteiger partial charge on any atom is 0.0576 e. The summed E-state index contributed by atoms with van der Waals surface area (Å²) in [5.74, 6) is 0. The van der Waals surface area contributed by atoms with Gasteiger partial charge in [-0.15, -0.1) is 0 Å². The largest absolute Gasteiger partial charge is 0.383 e. The molecule has 2 N–H and O–H groups in total. The van der Waals surface area contributed by atoms with Crippen LogP contribution in [0.2, 0.25) is 0 Å². The van der Waals surface area contributed by atoms with E-state index in [-0.39, 0.29) is 0 Å². The van der Waals surface area contributed by atoms with Crippen molar-refractivity contribution >= 4 is 11.4 Å². The monoisotopic (exact) mass is 216 g/mol. The van der Waals surface area contributed by atoms with Crippen molar-refractivity contribution in [3.8, 4) is 0 Å². The van der Waals surface area contributed by atoms with Gasteiger partial charge in [-0.3, -0.25) is 0 Å². The molecule has 2 nitrogen and oxygen atoms in total. The minimum atomic E-state index is 0.497. The smallest absolute Gasteiger partial charge is 0.0576 e. The Morgan fingerprint density at radius 1 is 0.812 bits per heavy atom. The molecule has 1 aromatic rings. The Morgan fingerprint density at radius 2 is 1.38 bits per heavy atom. The highest BCUT2D eigenvalue weighted by atomic mass is 15.0. The average molecular weight is 216 g/mol. The zero-order valence-electron chi connectivity index (χ0n) is 9.76. The molecule has 0 saturated heterocycles. The maximum absolute atomic E-state index is 3.62. The summed E-state index contributed by atoms with van der Waals surface area (Å²) >= 11 is 0. The molecule has 1 aliphatic carbocycles. The molecule has 2 heteroatoms. The fourth-order valence-electron chi connectivity index (χ4n) is 3.07. The zero-order chi connectivity index (χ0) is 10.8.